The fourth-order valence-corrected chi connectivity index (χ4v) is 3.26. The Morgan fingerprint density at radius 2 is 1.80 bits per heavy atom. The zero-order chi connectivity index (χ0) is 22.7. The van der Waals surface area contributed by atoms with Gasteiger partial charge in [0, 0.05) is 25.9 Å². The van der Waals surface area contributed by atoms with Gasteiger partial charge in [0.2, 0.25) is 17.7 Å². The van der Waals surface area contributed by atoms with Crippen molar-refractivity contribution in [2.24, 2.45) is 5.73 Å². The Kier molecular flexibility index (Phi) is 10.8. The molecular weight excluding hydrogens is 396 g/mol. The number of carboxylic acid groups (broad SMARTS) is 2. The molecule has 11 nitrogen and oxygen atoms in total. The minimum atomic E-state index is -1.19. The van der Waals surface area contributed by atoms with Gasteiger partial charge in [0.15, 0.2) is 0 Å². The number of carbonyl (C=O) groups excluding carboxylic acids is 3. The summed E-state index contributed by atoms with van der Waals surface area (Å²) in [7, 11) is 0. The van der Waals surface area contributed by atoms with E-state index in [2.05, 4.69) is 10.6 Å². The number of amides is 3. The van der Waals surface area contributed by atoms with Crippen LogP contribution in [0.1, 0.15) is 58.3 Å². The summed E-state index contributed by atoms with van der Waals surface area (Å²) in [4.78, 5) is 59.1. The number of nitrogens with zero attached hydrogens (tertiary/aromatic N) is 1. The van der Waals surface area contributed by atoms with Gasteiger partial charge in [-0.3, -0.25) is 14.4 Å². The molecular formula is C19H32N4O7. The van der Waals surface area contributed by atoms with Crippen LogP contribution in [0.15, 0.2) is 0 Å². The van der Waals surface area contributed by atoms with Crippen molar-refractivity contribution in [2.45, 2.75) is 76.4 Å². The summed E-state index contributed by atoms with van der Waals surface area (Å²) in [5, 5.41) is 23.2. The Balaban J connectivity index is 2.24. The van der Waals surface area contributed by atoms with Crippen molar-refractivity contribution in [3.8, 4) is 0 Å². The van der Waals surface area contributed by atoms with Crippen molar-refractivity contribution < 1.29 is 34.2 Å². The molecule has 0 aromatic heterocycles. The highest BCUT2D eigenvalue weighted by atomic mass is 16.4. The summed E-state index contributed by atoms with van der Waals surface area (Å²) in [5.41, 5.74) is 5.90. The smallest absolute Gasteiger partial charge is 0.326 e. The van der Waals surface area contributed by atoms with Gasteiger partial charge < -0.3 is 31.5 Å². The lowest BCUT2D eigenvalue weighted by Crippen LogP contribution is -2.48. The summed E-state index contributed by atoms with van der Waals surface area (Å²) in [5.74, 6) is -3.29. The minimum Gasteiger partial charge on any atom is -0.480 e. The first-order valence-electron chi connectivity index (χ1n) is 10.2. The zero-order valence-electron chi connectivity index (χ0n) is 17.3. The van der Waals surface area contributed by atoms with E-state index in [4.69, 9.17) is 15.9 Å². The van der Waals surface area contributed by atoms with Gasteiger partial charge in [0.05, 0.1) is 6.04 Å². The van der Waals surface area contributed by atoms with Crippen molar-refractivity contribution in [1.82, 2.24) is 15.5 Å². The van der Waals surface area contributed by atoms with Crippen molar-refractivity contribution in [1.29, 1.82) is 0 Å². The molecule has 0 spiro atoms. The number of hydrogen-bond donors (Lipinski definition) is 5. The Labute approximate surface area is 175 Å². The molecule has 0 aromatic carbocycles. The maximum absolute atomic E-state index is 12.3. The first-order chi connectivity index (χ1) is 14.2. The van der Waals surface area contributed by atoms with E-state index in [9.17, 15) is 24.0 Å². The van der Waals surface area contributed by atoms with Gasteiger partial charge in [-0.1, -0.05) is 6.92 Å². The molecule has 3 amide bonds. The second-order valence-corrected chi connectivity index (χ2v) is 7.33. The van der Waals surface area contributed by atoms with Crippen LogP contribution < -0.4 is 16.4 Å². The number of nitrogens with one attached hydrogen (secondary N) is 2. The first-order valence-corrected chi connectivity index (χ1v) is 10.2. The topological polar surface area (TPSA) is 179 Å². The lowest BCUT2D eigenvalue weighted by molar-refractivity contribution is -0.148. The van der Waals surface area contributed by atoms with Gasteiger partial charge in [-0.15, -0.1) is 0 Å². The highest BCUT2D eigenvalue weighted by Crippen LogP contribution is 2.19. The van der Waals surface area contributed by atoms with E-state index in [0.717, 1.165) is 0 Å². The zero-order valence-corrected chi connectivity index (χ0v) is 17.3. The third kappa shape index (κ3) is 8.36. The third-order valence-corrected chi connectivity index (χ3v) is 5.02. The number of likely N-dealkylation sites (tertiary alicyclic amines) is 1. The van der Waals surface area contributed by atoms with Gasteiger partial charge in [-0.2, -0.15) is 0 Å². The van der Waals surface area contributed by atoms with Crippen molar-refractivity contribution in [3.63, 3.8) is 0 Å². The molecule has 0 radical (unpaired) electrons. The molecule has 30 heavy (non-hydrogen) atoms. The number of carbonyl (C=O) groups is 5. The molecule has 2 unspecified atom stereocenters. The van der Waals surface area contributed by atoms with Gasteiger partial charge in [0.25, 0.3) is 0 Å². The summed E-state index contributed by atoms with van der Waals surface area (Å²) in [6.45, 7) is 2.35. The maximum Gasteiger partial charge on any atom is 0.326 e. The summed E-state index contributed by atoms with van der Waals surface area (Å²) in [6, 6.07) is -2.69. The number of carboxylic acids is 2. The van der Waals surface area contributed by atoms with Gasteiger partial charge >= 0.3 is 11.9 Å². The van der Waals surface area contributed by atoms with Crippen LogP contribution in [0.2, 0.25) is 0 Å². The normalized spacial score (nSPS) is 17.8. The average molecular weight is 428 g/mol. The SMILES string of the molecule is CCC(=O)NC(CCC(=O)NCCCCC(N)C(=O)N1CCC[C@H]1C(=O)O)C(=O)O. The Bertz CT molecular complexity index is 640. The van der Waals surface area contributed by atoms with Crippen LogP contribution in [0.25, 0.3) is 0 Å². The van der Waals surface area contributed by atoms with Crippen LogP contribution in [0.4, 0.5) is 0 Å². The van der Waals surface area contributed by atoms with E-state index in [1.165, 1.54) is 4.90 Å². The van der Waals surface area contributed by atoms with Gasteiger partial charge in [-0.05, 0) is 38.5 Å². The Morgan fingerprint density at radius 3 is 2.40 bits per heavy atom. The molecule has 0 saturated carbocycles. The standard InChI is InChI=1S/C19H32N4O7/c1-2-15(24)22-13(18(27)28)8-9-16(25)21-10-4-3-6-12(20)17(26)23-11-5-7-14(23)19(29)30/h12-14H,2-11,20H2,1H3,(H,21,25)(H,22,24)(H,27,28)(H,29,30)/t12?,13?,14-/m0/s1. The number of unbranched alkanes of at least 4 members (excludes halogenated alkanes) is 1. The molecule has 1 heterocycles. The monoisotopic (exact) mass is 428 g/mol. The van der Waals surface area contributed by atoms with Gasteiger partial charge in [0.1, 0.15) is 12.1 Å². The van der Waals surface area contributed by atoms with E-state index < -0.39 is 36.0 Å². The number of hydrogen-bond acceptors (Lipinski definition) is 6. The molecule has 1 aliphatic rings. The molecule has 11 heteroatoms. The number of nitrogens with two attached hydrogens (primary N) is 1. The van der Waals surface area contributed by atoms with Gasteiger partial charge in [-0.25, -0.2) is 9.59 Å². The minimum absolute atomic E-state index is 0.00708. The van der Waals surface area contributed by atoms with Crippen LogP contribution >= 0.6 is 0 Å². The third-order valence-electron chi connectivity index (χ3n) is 5.02. The van der Waals surface area contributed by atoms with Crippen molar-refractivity contribution in [2.75, 3.05) is 13.1 Å². The van der Waals surface area contributed by atoms with E-state index >= 15 is 0 Å². The molecule has 6 N–H and O–H groups in total. The largest absolute Gasteiger partial charge is 0.480 e. The quantitative estimate of drug-likeness (QED) is 0.242. The fourth-order valence-electron chi connectivity index (χ4n) is 3.26. The van der Waals surface area contributed by atoms with Crippen LogP contribution in [0, 0.1) is 0 Å². The summed E-state index contributed by atoms with van der Waals surface area (Å²) in [6.07, 6.45) is 2.72. The lowest BCUT2D eigenvalue weighted by atomic mass is 10.1. The van der Waals surface area contributed by atoms with Crippen LogP contribution in [-0.2, 0) is 24.0 Å². The van der Waals surface area contributed by atoms with Crippen LogP contribution in [0.5, 0.6) is 0 Å². The van der Waals surface area contributed by atoms with Crippen LogP contribution in [-0.4, -0.2) is 76.0 Å². The molecule has 1 saturated heterocycles. The second-order valence-electron chi connectivity index (χ2n) is 7.33. The van der Waals surface area contributed by atoms with E-state index in [0.29, 0.717) is 45.2 Å². The molecule has 0 aromatic rings. The van der Waals surface area contributed by atoms with E-state index in [1.807, 2.05) is 0 Å². The predicted molar refractivity (Wildman–Crippen MR) is 106 cm³/mol. The maximum atomic E-state index is 12.3. The van der Waals surface area contributed by atoms with Crippen molar-refractivity contribution >= 4 is 29.7 Å². The predicted octanol–water partition coefficient (Wildman–Crippen LogP) is -0.565. The highest BCUT2D eigenvalue weighted by molar-refractivity contribution is 5.87. The molecule has 1 rings (SSSR count). The molecule has 1 fully saturated rings. The Morgan fingerprint density at radius 1 is 1.10 bits per heavy atom. The van der Waals surface area contributed by atoms with Crippen LogP contribution in [0.3, 0.4) is 0 Å². The molecule has 170 valence electrons. The van der Waals surface area contributed by atoms with Crippen molar-refractivity contribution in [3.05, 3.63) is 0 Å². The molecule has 1 aliphatic heterocycles. The number of aliphatic carboxylic acids is 2. The fraction of sp³-hybridized carbons (Fsp3) is 0.737. The van der Waals surface area contributed by atoms with E-state index in [1.54, 1.807) is 6.92 Å². The highest BCUT2D eigenvalue weighted by Gasteiger charge is 2.35. The van der Waals surface area contributed by atoms with E-state index in [-0.39, 0.29) is 31.1 Å². The average Bonchev–Trinajstić information content (AvgIpc) is 3.19. The number of rotatable bonds is 13. The lowest BCUT2D eigenvalue weighted by Gasteiger charge is -2.24. The summed E-state index contributed by atoms with van der Waals surface area (Å²) < 4.78 is 0. The summed E-state index contributed by atoms with van der Waals surface area (Å²) >= 11 is 0. The first kappa shape index (κ1) is 25.3. The Hall–Kier alpha value is -2.69. The molecule has 3 atom stereocenters. The second kappa shape index (κ2) is 12.8. The molecule has 0 aliphatic carbocycles. The molecule has 0 bridgehead atoms.